The summed E-state index contributed by atoms with van der Waals surface area (Å²) < 4.78 is 5.68. The van der Waals surface area contributed by atoms with Crippen molar-refractivity contribution < 1.29 is 4.74 Å². The van der Waals surface area contributed by atoms with E-state index in [4.69, 9.17) is 10.5 Å². The molecule has 0 heterocycles. The Morgan fingerprint density at radius 3 is 2.36 bits per heavy atom. The van der Waals surface area contributed by atoms with Crippen molar-refractivity contribution in [1.82, 2.24) is 0 Å². The van der Waals surface area contributed by atoms with Crippen LogP contribution in [0.3, 0.4) is 0 Å². The minimum atomic E-state index is 0.0173. The Hall–Kier alpha value is -1.02. The Morgan fingerprint density at radius 2 is 1.86 bits per heavy atom. The maximum absolute atomic E-state index is 5.88. The normalized spacial score (nSPS) is 13.0. The predicted molar refractivity (Wildman–Crippen MR) is 59.5 cm³/mol. The van der Waals surface area contributed by atoms with E-state index in [0.717, 1.165) is 11.3 Å². The van der Waals surface area contributed by atoms with Gasteiger partial charge in [-0.2, -0.15) is 0 Å². The number of nitrogens with two attached hydrogens (primary N) is 1. The van der Waals surface area contributed by atoms with Crippen molar-refractivity contribution in [3.8, 4) is 5.75 Å². The first kappa shape index (κ1) is 11.1. The lowest BCUT2D eigenvalue weighted by molar-refractivity contribution is 0.239. The van der Waals surface area contributed by atoms with Crippen LogP contribution in [0.1, 0.15) is 37.9 Å². The molecule has 1 aromatic carbocycles. The minimum Gasteiger partial charge on any atom is -0.491 e. The second-order valence-corrected chi connectivity index (χ2v) is 4.00. The van der Waals surface area contributed by atoms with Gasteiger partial charge < -0.3 is 10.5 Å². The van der Waals surface area contributed by atoms with Gasteiger partial charge in [-0.25, -0.2) is 0 Å². The molecule has 2 heteroatoms. The molecule has 0 saturated heterocycles. The van der Waals surface area contributed by atoms with Crippen LogP contribution >= 0.6 is 0 Å². The highest BCUT2D eigenvalue weighted by Crippen LogP contribution is 2.25. The van der Waals surface area contributed by atoms with E-state index >= 15 is 0 Å². The minimum absolute atomic E-state index is 0.0173. The van der Waals surface area contributed by atoms with E-state index in [1.165, 1.54) is 5.56 Å². The highest BCUT2D eigenvalue weighted by molar-refractivity contribution is 5.38. The molecule has 0 saturated carbocycles. The summed E-state index contributed by atoms with van der Waals surface area (Å²) in [5, 5.41) is 0. The summed E-state index contributed by atoms with van der Waals surface area (Å²) in [6.45, 7) is 8.07. The number of hydrogen-bond acceptors (Lipinski definition) is 2. The van der Waals surface area contributed by atoms with Gasteiger partial charge >= 0.3 is 0 Å². The van der Waals surface area contributed by atoms with Gasteiger partial charge in [-0.05, 0) is 33.8 Å². The summed E-state index contributed by atoms with van der Waals surface area (Å²) in [6, 6.07) is 6.14. The lowest BCUT2D eigenvalue weighted by atomic mass is 10.1. The van der Waals surface area contributed by atoms with E-state index in [2.05, 4.69) is 13.0 Å². The molecule has 2 N–H and O–H groups in total. The molecule has 0 fully saturated rings. The van der Waals surface area contributed by atoms with Crippen LogP contribution in [-0.4, -0.2) is 6.10 Å². The fourth-order valence-electron chi connectivity index (χ4n) is 1.38. The zero-order valence-electron chi connectivity index (χ0n) is 9.37. The fourth-order valence-corrected chi connectivity index (χ4v) is 1.38. The Balaban J connectivity index is 3.02. The molecular weight excluding hydrogens is 174 g/mol. The van der Waals surface area contributed by atoms with E-state index in [1.54, 1.807) is 0 Å². The van der Waals surface area contributed by atoms with Crippen molar-refractivity contribution >= 4 is 0 Å². The quantitative estimate of drug-likeness (QED) is 0.801. The van der Waals surface area contributed by atoms with Crippen LogP contribution in [0, 0.1) is 6.92 Å². The molecule has 0 bridgehead atoms. The monoisotopic (exact) mass is 193 g/mol. The van der Waals surface area contributed by atoms with Crippen LogP contribution in [0.25, 0.3) is 0 Å². The lowest BCUT2D eigenvalue weighted by Gasteiger charge is -2.16. The van der Waals surface area contributed by atoms with Gasteiger partial charge in [0.15, 0.2) is 0 Å². The van der Waals surface area contributed by atoms with Gasteiger partial charge in [0.1, 0.15) is 5.75 Å². The fraction of sp³-hybridized carbons (Fsp3) is 0.500. The van der Waals surface area contributed by atoms with Gasteiger partial charge in [0, 0.05) is 11.6 Å². The standard InChI is InChI=1S/C12H19NO/c1-8(2)14-12-6-5-9(3)7-11(12)10(4)13/h5-8,10H,13H2,1-4H3/t10-/m0/s1. The van der Waals surface area contributed by atoms with E-state index in [0.29, 0.717) is 0 Å². The Bertz CT molecular complexity index is 305. The van der Waals surface area contributed by atoms with Crippen molar-refractivity contribution in [2.24, 2.45) is 5.73 Å². The number of ether oxygens (including phenoxy) is 1. The second-order valence-electron chi connectivity index (χ2n) is 4.00. The maximum Gasteiger partial charge on any atom is 0.124 e. The SMILES string of the molecule is Cc1ccc(OC(C)C)c([C@H](C)N)c1. The first-order chi connectivity index (χ1) is 6.50. The summed E-state index contributed by atoms with van der Waals surface area (Å²) in [4.78, 5) is 0. The van der Waals surface area contributed by atoms with Crippen LogP contribution in [0.4, 0.5) is 0 Å². The van der Waals surface area contributed by atoms with Crippen LogP contribution in [-0.2, 0) is 0 Å². The summed E-state index contributed by atoms with van der Waals surface area (Å²) in [6.07, 6.45) is 0.190. The molecule has 0 unspecified atom stereocenters. The molecule has 0 spiro atoms. The summed E-state index contributed by atoms with van der Waals surface area (Å²) in [5.74, 6) is 0.903. The van der Waals surface area contributed by atoms with Crippen LogP contribution in [0.15, 0.2) is 18.2 Å². The van der Waals surface area contributed by atoms with Crippen molar-refractivity contribution in [2.75, 3.05) is 0 Å². The highest BCUT2D eigenvalue weighted by atomic mass is 16.5. The molecule has 1 aromatic rings. The third-order valence-corrected chi connectivity index (χ3v) is 2.02. The molecule has 0 aliphatic heterocycles. The Morgan fingerprint density at radius 1 is 1.21 bits per heavy atom. The summed E-state index contributed by atoms with van der Waals surface area (Å²) in [5.41, 5.74) is 8.18. The number of aryl methyl sites for hydroxylation is 1. The van der Waals surface area contributed by atoms with Crippen molar-refractivity contribution in [3.63, 3.8) is 0 Å². The molecule has 78 valence electrons. The zero-order chi connectivity index (χ0) is 10.7. The number of rotatable bonds is 3. The van der Waals surface area contributed by atoms with Gasteiger partial charge in [-0.1, -0.05) is 17.7 Å². The maximum atomic E-state index is 5.88. The largest absolute Gasteiger partial charge is 0.491 e. The van der Waals surface area contributed by atoms with Gasteiger partial charge in [-0.3, -0.25) is 0 Å². The molecule has 1 rings (SSSR count). The van der Waals surface area contributed by atoms with Gasteiger partial charge in [0.05, 0.1) is 6.10 Å². The van der Waals surface area contributed by atoms with Gasteiger partial charge in [-0.15, -0.1) is 0 Å². The molecule has 0 radical (unpaired) electrons. The smallest absolute Gasteiger partial charge is 0.124 e. The average Bonchev–Trinajstić information content (AvgIpc) is 2.07. The third kappa shape index (κ3) is 2.74. The molecule has 2 nitrogen and oxygen atoms in total. The van der Waals surface area contributed by atoms with Crippen molar-refractivity contribution in [3.05, 3.63) is 29.3 Å². The average molecular weight is 193 g/mol. The molecule has 0 aliphatic rings. The highest BCUT2D eigenvalue weighted by Gasteiger charge is 2.09. The van der Waals surface area contributed by atoms with E-state index in [1.807, 2.05) is 32.9 Å². The second kappa shape index (κ2) is 4.47. The predicted octanol–water partition coefficient (Wildman–Crippen LogP) is 2.80. The zero-order valence-corrected chi connectivity index (χ0v) is 9.37. The van der Waals surface area contributed by atoms with E-state index in [-0.39, 0.29) is 12.1 Å². The Kier molecular flexibility index (Phi) is 3.53. The molecule has 0 aliphatic carbocycles. The molecule has 14 heavy (non-hydrogen) atoms. The Labute approximate surface area is 86.1 Å². The van der Waals surface area contributed by atoms with Crippen LogP contribution in [0.5, 0.6) is 5.75 Å². The lowest BCUT2D eigenvalue weighted by Crippen LogP contribution is -2.12. The van der Waals surface area contributed by atoms with Crippen LogP contribution < -0.4 is 10.5 Å². The molecule has 1 atom stereocenters. The summed E-state index contributed by atoms with van der Waals surface area (Å²) in [7, 11) is 0. The topological polar surface area (TPSA) is 35.2 Å². The van der Waals surface area contributed by atoms with E-state index in [9.17, 15) is 0 Å². The van der Waals surface area contributed by atoms with E-state index < -0.39 is 0 Å². The van der Waals surface area contributed by atoms with Crippen molar-refractivity contribution in [1.29, 1.82) is 0 Å². The molecular formula is C12H19NO. The molecule has 0 amide bonds. The third-order valence-electron chi connectivity index (χ3n) is 2.02. The van der Waals surface area contributed by atoms with Crippen LogP contribution in [0.2, 0.25) is 0 Å². The summed E-state index contributed by atoms with van der Waals surface area (Å²) >= 11 is 0. The van der Waals surface area contributed by atoms with Gasteiger partial charge in [0.25, 0.3) is 0 Å². The van der Waals surface area contributed by atoms with Gasteiger partial charge in [0.2, 0.25) is 0 Å². The number of benzene rings is 1. The van der Waals surface area contributed by atoms with Crippen molar-refractivity contribution in [2.45, 2.75) is 39.8 Å². The molecule has 0 aromatic heterocycles. The first-order valence-electron chi connectivity index (χ1n) is 5.03. The number of hydrogen-bond donors (Lipinski definition) is 1. The first-order valence-corrected chi connectivity index (χ1v) is 5.03.